The van der Waals surface area contributed by atoms with Gasteiger partial charge in [-0.2, -0.15) is 23.3 Å². The van der Waals surface area contributed by atoms with Gasteiger partial charge in [-0.25, -0.2) is 9.50 Å². The fourth-order valence-corrected chi connectivity index (χ4v) is 5.18. The molecule has 0 spiro atoms. The van der Waals surface area contributed by atoms with Crippen LogP contribution in [0.15, 0.2) is 49.2 Å². The van der Waals surface area contributed by atoms with Crippen LogP contribution in [0.25, 0.3) is 16.7 Å². The Labute approximate surface area is 226 Å². The third-order valence-corrected chi connectivity index (χ3v) is 7.17. The molecule has 6 rings (SSSR count). The molecule has 5 aromatic rings. The number of imidazole rings is 1. The molecule has 1 aromatic carbocycles. The van der Waals surface area contributed by atoms with Crippen molar-refractivity contribution in [1.82, 2.24) is 34.0 Å². The number of aromatic nitrogens is 6. The van der Waals surface area contributed by atoms with Crippen LogP contribution in [0.5, 0.6) is 11.5 Å². The smallest absolute Gasteiger partial charge is 0.416 e. The molecule has 9 nitrogen and oxygen atoms in total. The first-order chi connectivity index (χ1) is 18.7. The Morgan fingerprint density at radius 3 is 2.77 bits per heavy atom. The summed E-state index contributed by atoms with van der Waals surface area (Å²) in [5.74, 6) is 1.54. The molecule has 1 N–H and O–H groups in total. The molecule has 1 fully saturated rings. The van der Waals surface area contributed by atoms with E-state index in [1.54, 1.807) is 47.0 Å². The number of ether oxygens (including phenoxy) is 1. The Morgan fingerprint density at radius 1 is 1.15 bits per heavy atom. The number of hydrogen-bond acceptors (Lipinski definition) is 7. The van der Waals surface area contributed by atoms with Crippen molar-refractivity contribution in [3.8, 4) is 11.5 Å². The summed E-state index contributed by atoms with van der Waals surface area (Å²) < 4.78 is 50.5. The van der Waals surface area contributed by atoms with Crippen LogP contribution in [0.1, 0.15) is 24.5 Å². The Bertz CT molecular complexity index is 1680. The van der Waals surface area contributed by atoms with Gasteiger partial charge in [0.2, 0.25) is 5.95 Å². The molecule has 0 amide bonds. The number of halogens is 4. The fourth-order valence-electron chi connectivity index (χ4n) is 4.88. The van der Waals surface area contributed by atoms with E-state index < -0.39 is 11.7 Å². The predicted molar refractivity (Wildman–Crippen MR) is 140 cm³/mol. The topological polar surface area (TPSA) is 85.4 Å². The first kappa shape index (κ1) is 25.4. The zero-order chi connectivity index (χ0) is 27.3. The molecule has 13 heteroatoms. The van der Waals surface area contributed by atoms with E-state index in [-0.39, 0.29) is 22.4 Å². The van der Waals surface area contributed by atoms with E-state index in [2.05, 4.69) is 37.2 Å². The number of benzene rings is 1. The summed E-state index contributed by atoms with van der Waals surface area (Å²) in [6, 6.07) is 4.01. The number of likely N-dealkylation sites (tertiary alicyclic amines) is 1. The summed E-state index contributed by atoms with van der Waals surface area (Å²) >= 11 is 6.70. The van der Waals surface area contributed by atoms with Crippen molar-refractivity contribution in [3.05, 3.63) is 65.3 Å². The van der Waals surface area contributed by atoms with E-state index in [0.717, 1.165) is 25.6 Å². The SMILES string of the molecule is C[C@H]1CCN(Cc2cc(Nc3nc4ncc(Oc5cnn6ccncc56)c(Cl)c4n3C)cc(C(F)(F)F)c2)C1. The van der Waals surface area contributed by atoms with Crippen LogP contribution in [-0.2, 0) is 19.8 Å². The quantitative estimate of drug-likeness (QED) is 0.272. The molecule has 0 aliphatic carbocycles. The predicted octanol–water partition coefficient (Wildman–Crippen LogP) is 6.06. The Morgan fingerprint density at radius 2 is 2.00 bits per heavy atom. The third-order valence-electron chi connectivity index (χ3n) is 6.80. The lowest BCUT2D eigenvalue weighted by Crippen LogP contribution is -2.20. The van der Waals surface area contributed by atoms with E-state index >= 15 is 0 Å². The number of fused-ring (bicyclic) bond motifs is 2. The Balaban J connectivity index is 1.32. The lowest BCUT2D eigenvalue weighted by molar-refractivity contribution is -0.137. The van der Waals surface area contributed by atoms with Crippen LogP contribution >= 0.6 is 11.6 Å². The Kier molecular flexibility index (Phi) is 6.31. The van der Waals surface area contributed by atoms with Gasteiger partial charge >= 0.3 is 6.18 Å². The highest BCUT2D eigenvalue weighted by molar-refractivity contribution is 6.36. The van der Waals surface area contributed by atoms with Crippen molar-refractivity contribution in [2.45, 2.75) is 26.1 Å². The molecule has 4 aromatic heterocycles. The maximum Gasteiger partial charge on any atom is 0.416 e. The van der Waals surface area contributed by atoms with Gasteiger partial charge in [-0.15, -0.1) is 0 Å². The zero-order valence-corrected chi connectivity index (χ0v) is 21.8. The number of rotatable bonds is 6. The van der Waals surface area contributed by atoms with Crippen LogP contribution in [0.4, 0.5) is 24.8 Å². The lowest BCUT2D eigenvalue weighted by Gasteiger charge is -2.18. The van der Waals surface area contributed by atoms with Gasteiger partial charge in [-0.3, -0.25) is 9.88 Å². The molecular formula is C26H24ClF3N8O. The molecule has 0 unspecified atom stereocenters. The summed E-state index contributed by atoms with van der Waals surface area (Å²) in [6.45, 7) is 4.32. The maximum absolute atomic E-state index is 13.7. The van der Waals surface area contributed by atoms with Crippen molar-refractivity contribution in [3.63, 3.8) is 0 Å². The molecule has 0 saturated carbocycles. The lowest BCUT2D eigenvalue weighted by atomic mass is 10.1. The minimum atomic E-state index is -4.48. The average molecular weight is 557 g/mol. The summed E-state index contributed by atoms with van der Waals surface area (Å²) in [7, 11) is 1.70. The standard InChI is InChI=1S/C26H24ClF3N8O/c1-15-3-5-37(13-15)14-16-7-17(26(28,29)30)9-18(8-16)34-25-35-24-23(36(25)2)22(27)21(11-32-24)39-20-12-33-38-6-4-31-10-19(20)38/h4,6-12,15H,3,5,13-14H2,1-2H3,(H,32,34,35)/t15-/m0/s1. The van der Waals surface area contributed by atoms with E-state index in [9.17, 15) is 13.2 Å². The molecule has 202 valence electrons. The van der Waals surface area contributed by atoms with Gasteiger partial charge in [0, 0.05) is 38.2 Å². The number of nitrogens with one attached hydrogen (secondary N) is 1. The number of alkyl halides is 3. The molecule has 1 atom stereocenters. The van der Waals surface area contributed by atoms with Gasteiger partial charge in [0.1, 0.15) is 16.1 Å². The number of nitrogens with zero attached hydrogens (tertiary/aromatic N) is 7. The molecule has 39 heavy (non-hydrogen) atoms. The van der Waals surface area contributed by atoms with Crippen LogP contribution in [0.2, 0.25) is 5.02 Å². The van der Waals surface area contributed by atoms with Crippen LogP contribution in [0.3, 0.4) is 0 Å². The number of anilines is 2. The van der Waals surface area contributed by atoms with Crippen molar-refractivity contribution < 1.29 is 17.9 Å². The molecule has 0 bridgehead atoms. The minimum absolute atomic E-state index is 0.249. The van der Waals surface area contributed by atoms with Crippen LogP contribution in [-0.4, -0.2) is 47.1 Å². The monoisotopic (exact) mass is 556 g/mol. The third kappa shape index (κ3) is 4.97. The van der Waals surface area contributed by atoms with Crippen molar-refractivity contribution in [2.75, 3.05) is 18.4 Å². The summed E-state index contributed by atoms with van der Waals surface area (Å²) in [5.41, 5.74) is 1.56. The average Bonchev–Trinajstić information content (AvgIpc) is 3.58. The van der Waals surface area contributed by atoms with Gasteiger partial charge in [-0.1, -0.05) is 18.5 Å². The largest absolute Gasteiger partial charge is 0.450 e. The minimum Gasteiger partial charge on any atom is -0.450 e. The molecule has 0 radical (unpaired) electrons. The van der Waals surface area contributed by atoms with E-state index in [0.29, 0.717) is 40.5 Å². The van der Waals surface area contributed by atoms with Gasteiger partial charge in [0.25, 0.3) is 0 Å². The molecule has 1 aliphatic heterocycles. The molecule has 1 aliphatic rings. The first-order valence-corrected chi connectivity index (χ1v) is 12.7. The second-order valence-corrected chi connectivity index (χ2v) is 10.2. The van der Waals surface area contributed by atoms with Crippen LogP contribution < -0.4 is 10.1 Å². The summed E-state index contributed by atoms with van der Waals surface area (Å²) in [5, 5.41) is 7.51. The van der Waals surface area contributed by atoms with Gasteiger partial charge < -0.3 is 14.6 Å². The fraction of sp³-hybridized carbons (Fsp3) is 0.308. The Hall–Kier alpha value is -3.90. The highest BCUT2D eigenvalue weighted by atomic mass is 35.5. The van der Waals surface area contributed by atoms with E-state index in [1.165, 1.54) is 12.3 Å². The number of aryl methyl sites for hydroxylation is 1. The highest BCUT2D eigenvalue weighted by Crippen LogP contribution is 2.38. The van der Waals surface area contributed by atoms with E-state index in [1.807, 2.05) is 0 Å². The number of pyridine rings is 1. The van der Waals surface area contributed by atoms with E-state index in [4.69, 9.17) is 16.3 Å². The first-order valence-electron chi connectivity index (χ1n) is 12.3. The zero-order valence-electron chi connectivity index (χ0n) is 21.1. The van der Waals surface area contributed by atoms with Crippen LogP contribution in [0, 0.1) is 5.92 Å². The molecule has 5 heterocycles. The second-order valence-electron chi connectivity index (χ2n) is 9.79. The van der Waals surface area contributed by atoms with Crippen molar-refractivity contribution >= 4 is 39.9 Å². The number of hydrogen-bond donors (Lipinski definition) is 1. The van der Waals surface area contributed by atoms with Gasteiger partial charge in [0.15, 0.2) is 17.1 Å². The second kappa shape index (κ2) is 9.69. The van der Waals surface area contributed by atoms with Crippen molar-refractivity contribution in [2.24, 2.45) is 13.0 Å². The summed E-state index contributed by atoms with van der Waals surface area (Å²) in [4.78, 5) is 15.1. The van der Waals surface area contributed by atoms with Gasteiger partial charge in [-0.05, 0) is 42.6 Å². The molecule has 1 saturated heterocycles. The normalized spacial score (nSPS) is 16.4. The summed E-state index contributed by atoms with van der Waals surface area (Å²) in [6.07, 6.45) is 4.45. The van der Waals surface area contributed by atoms with Crippen molar-refractivity contribution in [1.29, 1.82) is 0 Å². The highest BCUT2D eigenvalue weighted by Gasteiger charge is 2.32. The molecular weight excluding hydrogens is 533 g/mol. The maximum atomic E-state index is 13.7. The van der Waals surface area contributed by atoms with Gasteiger partial charge in [0.05, 0.1) is 24.2 Å².